The third kappa shape index (κ3) is 3.28. The number of phenolic OH excluding ortho intramolecular Hbond substituents is 1. The first-order valence-corrected chi connectivity index (χ1v) is 7.38. The highest BCUT2D eigenvalue weighted by atomic mass is 79.9. The number of rotatable bonds is 1. The van der Waals surface area contributed by atoms with E-state index in [4.69, 9.17) is 0 Å². The maximum Gasteiger partial charge on any atom is 0.123 e. The van der Waals surface area contributed by atoms with E-state index in [1.54, 1.807) is 0 Å². The molecule has 0 aliphatic carbocycles. The van der Waals surface area contributed by atoms with E-state index < -0.39 is 0 Å². The quantitative estimate of drug-likeness (QED) is 0.684. The van der Waals surface area contributed by atoms with Crippen molar-refractivity contribution < 1.29 is 5.11 Å². The number of hydrogen-bond donors (Lipinski definition) is 1. The predicted octanol–water partition coefficient (Wildman–Crippen LogP) is 5.44. The van der Waals surface area contributed by atoms with Gasteiger partial charge in [0.1, 0.15) is 5.75 Å². The van der Waals surface area contributed by atoms with Crippen molar-refractivity contribution in [2.24, 2.45) is 0 Å². The number of aromatic hydroxyl groups is 1. The molecule has 0 aliphatic heterocycles. The van der Waals surface area contributed by atoms with Gasteiger partial charge in [-0.05, 0) is 28.9 Å². The van der Waals surface area contributed by atoms with Crippen LogP contribution in [0.25, 0.3) is 0 Å². The topological polar surface area (TPSA) is 20.2 Å². The maximum absolute atomic E-state index is 10.5. The van der Waals surface area contributed by atoms with E-state index >= 15 is 0 Å². The molecule has 0 radical (unpaired) electrons. The summed E-state index contributed by atoms with van der Waals surface area (Å²) in [5, 5.41) is 10.5. The van der Waals surface area contributed by atoms with Gasteiger partial charge in [-0.2, -0.15) is 0 Å². The number of hydrogen-bond acceptors (Lipinski definition) is 1. The summed E-state index contributed by atoms with van der Waals surface area (Å²) in [7, 11) is 0. The highest BCUT2D eigenvalue weighted by Crippen LogP contribution is 2.41. The lowest BCUT2D eigenvalue weighted by atomic mass is 9.78. The fourth-order valence-electron chi connectivity index (χ4n) is 1.96. The molecule has 0 fully saturated rings. The van der Waals surface area contributed by atoms with Gasteiger partial charge in [-0.15, -0.1) is 0 Å². The Morgan fingerprint density at radius 1 is 1.00 bits per heavy atom. The SMILES string of the molecule is CC(Br)c1cc(C(C)(C)C)cc(C(C)(C)C)c1O. The molecule has 0 amide bonds. The van der Waals surface area contributed by atoms with Crippen molar-refractivity contribution in [3.8, 4) is 5.75 Å². The van der Waals surface area contributed by atoms with Gasteiger partial charge in [-0.25, -0.2) is 0 Å². The van der Waals surface area contributed by atoms with Gasteiger partial charge in [0.05, 0.1) is 0 Å². The lowest BCUT2D eigenvalue weighted by molar-refractivity contribution is 0.438. The number of alkyl halides is 1. The van der Waals surface area contributed by atoms with Gasteiger partial charge in [0.25, 0.3) is 0 Å². The highest BCUT2D eigenvalue weighted by Gasteiger charge is 2.25. The average molecular weight is 313 g/mol. The summed E-state index contributed by atoms with van der Waals surface area (Å²) in [6.07, 6.45) is 0. The molecule has 102 valence electrons. The molecule has 0 spiro atoms. The smallest absolute Gasteiger partial charge is 0.123 e. The molecule has 0 aromatic heterocycles. The second kappa shape index (κ2) is 4.88. The van der Waals surface area contributed by atoms with Crippen LogP contribution in [0.3, 0.4) is 0 Å². The summed E-state index contributed by atoms with van der Waals surface area (Å²) >= 11 is 3.58. The molecular formula is C16H25BrO. The molecule has 0 heterocycles. The molecule has 1 nitrogen and oxygen atoms in total. The van der Waals surface area contributed by atoms with E-state index in [1.807, 2.05) is 6.92 Å². The van der Waals surface area contributed by atoms with Crippen molar-refractivity contribution in [1.82, 2.24) is 0 Å². The van der Waals surface area contributed by atoms with E-state index in [1.165, 1.54) is 5.56 Å². The van der Waals surface area contributed by atoms with E-state index in [0.717, 1.165) is 11.1 Å². The van der Waals surface area contributed by atoms with E-state index in [9.17, 15) is 5.11 Å². The Balaban J connectivity index is 3.58. The first-order valence-electron chi connectivity index (χ1n) is 6.46. The summed E-state index contributed by atoms with van der Waals surface area (Å²) in [5.74, 6) is 0.430. The van der Waals surface area contributed by atoms with Crippen molar-refractivity contribution in [1.29, 1.82) is 0 Å². The summed E-state index contributed by atoms with van der Waals surface area (Å²) in [6, 6.07) is 4.26. The molecule has 1 atom stereocenters. The fraction of sp³-hybridized carbons (Fsp3) is 0.625. The summed E-state index contributed by atoms with van der Waals surface area (Å²) < 4.78 is 0. The highest BCUT2D eigenvalue weighted by molar-refractivity contribution is 9.09. The van der Waals surface area contributed by atoms with E-state index in [2.05, 4.69) is 69.6 Å². The van der Waals surface area contributed by atoms with Gasteiger partial charge < -0.3 is 5.11 Å². The van der Waals surface area contributed by atoms with Crippen molar-refractivity contribution in [3.63, 3.8) is 0 Å². The minimum atomic E-state index is -0.0536. The van der Waals surface area contributed by atoms with E-state index in [-0.39, 0.29) is 15.7 Å². The number of benzene rings is 1. The van der Waals surface area contributed by atoms with Crippen molar-refractivity contribution >= 4 is 15.9 Å². The largest absolute Gasteiger partial charge is 0.507 e. The van der Waals surface area contributed by atoms with Crippen molar-refractivity contribution in [3.05, 3.63) is 28.8 Å². The first kappa shape index (κ1) is 15.6. The second-order valence-electron chi connectivity index (χ2n) is 7.08. The third-order valence-corrected chi connectivity index (χ3v) is 3.74. The molecule has 0 saturated heterocycles. The van der Waals surface area contributed by atoms with Crippen molar-refractivity contribution in [2.45, 2.75) is 64.1 Å². The molecule has 2 heteroatoms. The van der Waals surface area contributed by atoms with Crippen LogP contribution in [0.2, 0.25) is 0 Å². The molecule has 18 heavy (non-hydrogen) atoms. The Hall–Kier alpha value is -0.500. The number of halogens is 1. The van der Waals surface area contributed by atoms with Crippen LogP contribution in [0.4, 0.5) is 0 Å². The maximum atomic E-state index is 10.5. The van der Waals surface area contributed by atoms with Crippen molar-refractivity contribution in [2.75, 3.05) is 0 Å². The average Bonchev–Trinajstić information content (AvgIpc) is 2.13. The zero-order valence-electron chi connectivity index (χ0n) is 12.6. The van der Waals surface area contributed by atoms with Crippen LogP contribution < -0.4 is 0 Å². The zero-order valence-corrected chi connectivity index (χ0v) is 14.1. The van der Waals surface area contributed by atoms with Gasteiger partial charge in [0.2, 0.25) is 0 Å². The predicted molar refractivity (Wildman–Crippen MR) is 82.8 cm³/mol. The standard InChI is InChI=1S/C16H25BrO/c1-10(17)12-8-11(15(2,3)4)9-13(14(12)18)16(5,6)7/h8-10,18H,1-7H3. The van der Waals surface area contributed by atoms with Crippen LogP contribution in [0, 0.1) is 0 Å². The summed E-state index contributed by atoms with van der Waals surface area (Å²) in [5.41, 5.74) is 3.31. The molecule has 1 aromatic rings. The van der Waals surface area contributed by atoms with Gasteiger partial charge >= 0.3 is 0 Å². The molecule has 0 bridgehead atoms. The van der Waals surface area contributed by atoms with Gasteiger partial charge in [0, 0.05) is 10.4 Å². The minimum Gasteiger partial charge on any atom is -0.507 e. The fourth-order valence-corrected chi connectivity index (χ4v) is 2.31. The number of phenols is 1. The second-order valence-corrected chi connectivity index (χ2v) is 8.45. The van der Waals surface area contributed by atoms with E-state index in [0.29, 0.717) is 5.75 Å². The van der Waals surface area contributed by atoms with Crippen LogP contribution in [-0.4, -0.2) is 5.11 Å². The van der Waals surface area contributed by atoms with Crippen LogP contribution in [-0.2, 0) is 10.8 Å². The van der Waals surface area contributed by atoms with Crippen LogP contribution in [0.5, 0.6) is 5.75 Å². The van der Waals surface area contributed by atoms with Gasteiger partial charge in [0.15, 0.2) is 0 Å². The first-order chi connectivity index (χ1) is 7.94. The molecule has 0 saturated carbocycles. The molecule has 1 rings (SSSR count). The molecular weight excluding hydrogens is 288 g/mol. The van der Waals surface area contributed by atoms with Crippen LogP contribution >= 0.6 is 15.9 Å². The third-order valence-electron chi connectivity index (χ3n) is 3.24. The monoisotopic (exact) mass is 312 g/mol. The minimum absolute atomic E-state index is 0.0536. The normalized spacial score (nSPS) is 14.7. The Morgan fingerprint density at radius 2 is 1.50 bits per heavy atom. The Bertz CT molecular complexity index is 434. The molecule has 1 N–H and O–H groups in total. The van der Waals surface area contributed by atoms with Crippen LogP contribution in [0.15, 0.2) is 12.1 Å². The lowest BCUT2D eigenvalue weighted by Gasteiger charge is -2.28. The van der Waals surface area contributed by atoms with Gasteiger partial charge in [-0.3, -0.25) is 0 Å². The molecule has 0 aliphatic rings. The Labute approximate surface area is 120 Å². The molecule has 1 unspecified atom stereocenters. The van der Waals surface area contributed by atoms with Gasteiger partial charge in [-0.1, -0.05) is 69.6 Å². The zero-order chi connectivity index (χ0) is 14.3. The lowest BCUT2D eigenvalue weighted by Crippen LogP contribution is -2.17. The molecule has 1 aromatic carbocycles. The Kier molecular flexibility index (Phi) is 4.22. The summed E-state index contributed by atoms with van der Waals surface area (Å²) in [6.45, 7) is 15.1. The Morgan fingerprint density at radius 3 is 1.83 bits per heavy atom. The summed E-state index contributed by atoms with van der Waals surface area (Å²) in [4.78, 5) is 0.154. The van der Waals surface area contributed by atoms with Crippen LogP contribution in [0.1, 0.15) is 70.0 Å².